The molecule has 3 heterocycles. The normalized spacial score (nSPS) is 17.3. The molecule has 0 saturated carbocycles. The van der Waals surface area contributed by atoms with E-state index < -0.39 is 10.0 Å². The van der Waals surface area contributed by atoms with Crippen molar-refractivity contribution in [2.75, 3.05) is 29.9 Å². The van der Waals surface area contributed by atoms with Crippen LogP contribution in [-0.4, -0.2) is 38.3 Å². The standard InChI is InChI=1S/C24H25N3O3S2/c28-24(19-11-14-26(15-12-19)32(29,30)23-10-5-17-31-23)25-20-7-2-4-9-22(20)27-16-13-18-6-1-3-8-21(18)27/h1-10,17,19H,11-16H2,(H,25,28). The van der Waals surface area contributed by atoms with E-state index in [0.29, 0.717) is 30.1 Å². The molecule has 1 amide bonds. The Labute approximate surface area is 192 Å². The van der Waals surface area contributed by atoms with Gasteiger partial charge in [-0.1, -0.05) is 36.4 Å². The second-order valence-electron chi connectivity index (χ2n) is 8.15. The van der Waals surface area contributed by atoms with Crippen LogP contribution in [0.2, 0.25) is 0 Å². The lowest BCUT2D eigenvalue weighted by atomic mass is 9.97. The zero-order valence-electron chi connectivity index (χ0n) is 17.6. The first-order chi connectivity index (χ1) is 15.5. The summed E-state index contributed by atoms with van der Waals surface area (Å²) in [7, 11) is -3.46. The summed E-state index contributed by atoms with van der Waals surface area (Å²) in [5.74, 6) is -0.248. The number of hydrogen-bond acceptors (Lipinski definition) is 5. The molecule has 0 atom stereocenters. The van der Waals surface area contributed by atoms with Crippen molar-refractivity contribution in [2.24, 2.45) is 5.92 Å². The molecule has 0 spiro atoms. The first-order valence-corrected chi connectivity index (χ1v) is 13.1. The number of carbonyl (C=O) groups excluding carboxylic acids is 1. The predicted molar refractivity (Wildman–Crippen MR) is 128 cm³/mol. The van der Waals surface area contributed by atoms with Crippen LogP contribution in [0.15, 0.2) is 70.3 Å². The highest BCUT2D eigenvalue weighted by Crippen LogP contribution is 2.38. The molecule has 1 saturated heterocycles. The molecule has 8 heteroatoms. The number of para-hydroxylation sites is 3. The molecule has 5 rings (SSSR count). The van der Waals surface area contributed by atoms with Crippen molar-refractivity contribution < 1.29 is 13.2 Å². The highest BCUT2D eigenvalue weighted by atomic mass is 32.2. The molecule has 2 aliphatic rings. The minimum absolute atomic E-state index is 0.0434. The maximum Gasteiger partial charge on any atom is 0.252 e. The van der Waals surface area contributed by atoms with E-state index in [2.05, 4.69) is 28.4 Å². The van der Waals surface area contributed by atoms with Crippen LogP contribution in [0.5, 0.6) is 0 Å². The summed E-state index contributed by atoms with van der Waals surface area (Å²) >= 11 is 1.23. The number of anilines is 3. The van der Waals surface area contributed by atoms with Crippen molar-refractivity contribution in [1.29, 1.82) is 0 Å². The maximum absolute atomic E-state index is 13.1. The van der Waals surface area contributed by atoms with Gasteiger partial charge in [0.1, 0.15) is 4.21 Å². The number of nitrogens with zero attached hydrogens (tertiary/aromatic N) is 2. The van der Waals surface area contributed by atoms with Crippen molar-refractivity contribution in [1.82, 2.24) is 4.31 Å². The molecule has 32 heavy (non-hydrogen) atoms. The summed E-state index contributed by atoms with van der Waals surface area (Å²) in [6.45, 7) is 1.60. The Morgan fingerprint density at radius 1 is 0.906 bits per heavy atom. The van der Waals surface area contributed by atoms with Crippen molar-refractivity contribution in [3.8, 4) is 0 Å². The zero-order valence-corrected chi connectivity index (χ0v) is 19.2. The fraction of sp³-hybridized carbons (Fsp3) is 0.292. The molecular weight excluding hydrogens is 442 g/mol. The number of piperidine rings is 1. The Kier molecular flexibility index (Phi) is 5.75. The Hall–Kier alpha value is -2.68. The van der Waals surface area contributed by atoms with Gasteiger partial charge in [-0.2, -0.15) is 4.31 Å². The highest BCUT2D eigenvalue weighted by Gasteiger charge is 2.33. The predicted octanol–water partition coefficient (Wildman–Crippen LogP) is 4.48. The minimum Gasteiger partial charge on any atom is -0.339 e. The maximum atomic E-state index is 13.1. The summed E-state index contributed by atoms with van der Waals surface area (Å²) in [6.07, 6.45) is 2.02. The Morgan fingerprint density at radius 2 is 1.62 bits per heavy atom. The number of rotatable bonds is 5. The van der Waals surface area contributed by atoms with E-state index in [9.17, 15) is 13.2 Å². The van der Waals surface area contributed by atoms with Gasteiger partial charge in [-0.05, 0) is 54.5 Å². The van der Waals surface area contributed by atoms with Gasteiger partial charge in [0.15, 0.2) is 0 Å². The molecule has 1 fully saturated rings. The SMILES string of the molecule is O=C(Nc1ccccc1N1CCc2ccccc21)C1CCN(S(=O)(=O)c2cccs2)CC1. The van der Waals surface area contributed by atoms with Gasteiger partial charge in [0.05, 0.1) is 11.4 Å². The van der Waals surface area contributed by atoms with Crippen LogP contribution in [0, 0.1) is 5.92 Å². The van der Waals surface area contributed by atoms with E-state index in [4.69, 9.17) is 0 Å². The molecule has 2 aromatic carbocycles. The summed E-state index contributed by atoms with van der Waals surface area (Å²) in [6, 6.07) is 19.6. The summed E-state index contributed by atoms with van der Waals surface area (Å²) in [5, 5.41) is 4.89. The van der Waals surface area contributed by atoms with E-state index in [-0.39, 0.29) is 11.8 Å². The van der Waals surface area contributed by atoms with Crippen LogP contribution in [0.25, 0.3) is 0 Å². The average Bonchev–Trinajstić information content (AvgIpc) is 3.50. The molecule has 0 aliphatic carbocycles. The summed E-state index contributed by atoms with van der Waals surface area (Å²) in [4.78, 5) is 15.3. The second kappa shape index (κ2) is 8.69. The zero-order chi connectivity index (χ0) is 22.1. The molecular formula is C24H25N3O3S2. The van der Waals surface area contributed by atoms with Crippen LogP contribution in [-0.2, 0) is 21.2 Å². The Bertz CT molecular complexity index is 1220. The molecule has 2 aliphatic heterocycles. The minimum atomic E-state index is -3.46. The first-order valence-electron chi connectivity index (χ1n) is 10.8. The van der Waals surface area contributed by atoms with E-state index in [0.717, 1.165) is 24.3 Å². The Morgan fingerprint density at radius 3 is 2.38 bits per heavy atom. The van der Waals surface area contributed by atoms with E-state index in [1.807, 2.05) is 30.3 Å². The van der Waals surface area contributed by atoms with Gasteiger partial charge in [-0.3, -0.25) is 4.79 Å². The van der Waals surface area contributed by atoms with Gasteiger partial charge < -0.3 is 10.2 Å². The Balaban J connectivity index is 1.27. The second-order valence-corrected chi connectivity index (χ2v) is 11.3. The number of nitrogens with one attached hydrogen (secondary N) is 1. The number of benzene rings is 2. The lowest BCUT2D eigenvalue weighted by molar-refractivity contribution is -0.120. The van der Waals surface area contributed by atoms with Gasteiger partial charge in [0.25, 0.3) is 10.0 Å². The fourth-order valence-electron chi connectivity index (χ4n) is 4.53. The monoisotopic (exact) mass is 467 g/mol. The molecule has 0 bridgehead atoms. The van der Waals surface area contributed by atoms with Crippen LogP contribution in [0.1, 0.15) is 18.4 Å². The van der Waals surface area contributed by atoms with Gasteiger partial charge in [0, 0.05) is 31.2 Å². The fourth-order valence-corrected chi connectivity index (χ4v) is 7.15. The molecule has 1 aromatic heterocycles. The van der Waals surface area contributed by atoms with Gasteiger partial charge in [-0.25, -0.2) is 8.42 Å². The molecule has 0 radical (unpaired) electrons. The van der Waals surface area contributed by atoms with Crippen LogP contribution < -0.4 is 10.2 Å². The first kappa shape index (κ1) is 21.2. The number of fused-ring (bicyclic) bond motifs is 1. The van der Waals surface area contributed by atoms with Crippen molar-refractivity contribution in [3.63, 3.8) is 0 Å². The van der Waals surface area contributed by atoms with E-state index in [1.54, 1.807) is 17.5 Å². The number of sulfonamides is 1. The smallest absolute Gasteiger partial charge is 0.252 e. The topological polar surface area (TPSA) is 69.7 Å². The van der Waals surface area contributed by atoms with Crippen molar-refractivity contribution in [3.05, 3.63) is 71.6 Å². The average molecular weight is 468 g/mol. The van der Waals surface area contributed by atoms with Crippen LogP contribution in [0.3, 0.4) is 0 Å². The number of hydrogen-bond donors (Lipinski definition) is 1. The number of carbonyl (C=O) groups is 1. The molecule has 0 unspecified atom stereocenters. The van der Waals surface area contributed by atoms with Crippen LogP contribution in [0.4, 0.5) is 17.1 Å². The third kappa shape index (κ3) is 3.94. The number of amides is 1. The molecule has 6 nitrogen and oxygen atoms in total. The quantitative estimate of drug-likeness (QED) is 0.601. The van der Waals surface area contributed by atoms with Crippen LogP contribution >= 0.6 is 11.3 Å². The lowest BCUT2D eigenvalue weighted by Gasteiger charge is -2.30. The molecule has 3 aromatic rings. The largest absolute Gasteiger partial charge is 0.339 e. The molecule has 166 valence electrons. The van der Waals surface area contributed by atoms with Gasteiger partial charge >= 0.3 is 0 Å². The van der Waals surface area contributed by atoms with E-state index >= 15 is 0 Å². The number of thiophene rings is 1. The summed E-state index contributed by atoms with van der Waals surface area (Å²) in [5.41, 5.74) is 4.28. The van der Waals surface area contributed by atoms with Gasteiger partial charge in [-0.15, -0.1) is 11.3 Å². The summed E-state index contributed by atoms with van der Waals surface area (Å²) < 4.78 is 27.3. The molecule has 1 N–H and O–H groups in total. The third-order valence-corrected chi connectivity index (χ3v) is 9.53. The van der Waals surface area contributed by atoms with Gasteiger partial charge in [0.2, 0.25) is 5.91 Å². The highest BCUT2D eigenvalue weighted by molar-refractivity contribution is 7.91. The van der Waals surface area contributed by atoms with E-state index in [1.165, 1.54) is 26.9 Å². The van der Waals surface area contributed by atoms with Crippen molar-refractivity contribution >= 4 is 44.3 Å². The third-order valence-electron chi connectivity index (χ3n) is 6.25. The lowest BCUT2D eigenvalue weighted by Crippen LogP contribution is -2.41. The van der Waals surface area contributed by atoms with Crippen molar-refractivity contribution in [2.45, 2.75) is 23.5 Å².